The molecule has 0 aliphatic rings. The maximum atomic E-state index is 8.57. The van der Waals surface area contributed by atoms with Crippen LogP contribution >= 0.6 is 11.6 Å². The number of halogens is 1. The van der Waals surface area contributed by atoms with E-state index in [-0.39, 0.29) is 5.75 Å². The quantitative estimate of drug-likeness (QED) is 0.434. The molecule has 0 fully saturated rings. The SMILES string of the molecule is N#Cc1ccncc1.O=CCl. The molecule has 0 aliphatic heterocycles. The first-order valence-corrected chi connectivity index (χ1v) is 3.12. The summed E-state index contributed by atoms with van der Waals surface area (Å²) < 4.78 is 0. The Hall–Kier alpha value is -1.40. The smallest absolute Gasteiger partial charge is 0.208 e. The average Bonchev–Trinajstić information content (AvgIpc) is 2.08. The Kier molecular flexibility index (Phi) is 5.86. The van der Waals surface area contributed by atoms with Gasteiger partial charge < -0.3 is 0 Å². The largest absolute Gasteiger partial charge is 0.285 e. The second-order valence-electron chi connectivity index (χ2n) is 1.44. The minimum absolute atomic E-state index is 0.222. The lowest BCUT2D eigenvalue weighted by atomic mass is 10.3. The van der Waals surface area contributed by atoms with Crippen molar-refractivity contribution in [2.75, 3.05) is 0 Å². The Morgan fingerprint density at radius 2 is 2.00 bits per heavy atom. The molecule has 0 bridgehead atoms. The molecule has 1 aromatic heterocycles. The number of pyridine rings is 1. The van der Waals surface area contributed by atoms with Gasteiger partial charge in [0.25, 0.3) is 0 Å². The van der Waals surface area contributed by atoms with Crippen LogP contribution in [0, 0.1) is 11.3 Å². The zero-order valence-electron chi connectivity index (χ0n) is 5.57. The molecular formula is C7H5ClN2O. The van der Waals surface area contributed by atoms with Crippen molar-refractivity contribution in [3.05, 3.63) is 30.1 Å². The normalized spacial score (nSPS) is 6.91. The van der Waals surface area contributed by atoms with Gasteiger partial charge in [0.2, 0.25) is 5.75 Å². The van der Waals surface area contributed by atoms with E-state index in [1.165, 1.54) is 0 Å². The molecule has 4 heteroatoms. The molecule has 1 aromatic rings. The summed E-state index contributed by atoms with van der Waals surface area (Å²) in [5, 5.41) is 8.26. The lowest BCUT2D eigenvalue weighted by Gasteiger charge is -1.79. The van der Waals surface area contributed by atoms with E-state index in [1.807, 2.05) is 6.07 Å². The van der Waals surface area contributed by atoms with Crippen molar-refractivity contribution in [1.29, 1.82) is 5.26 Å². The Morgan fingerprint density at radius 1 is 1.55 bits per heavy atom. The first kappa shape index (κ1) is 9.60. The highest BCUT2D eigenvalue weighted by atomic mass is 35.5. The third-order valence-electron chi connectivity index (χ3n) is 0.809. The predicted octanol–water partition coefficient (Wildman–Crippen LogP) is 1.37. The molecule has 0 radical (unpaired) electrons. The van der Waals surface area contributed by atoms with Crippen molar-refractivity contribution >= 4 is 17.3 Å². The Labute approximate surface area is 69.2 Å². The van der Waals surface area contributed by atoms with Gasteiger partial charge in [0, 0.05) is 12.4 Å². The molecule has 11 heavy (non-hydrogen) atoms. The Bertz CT molecular complexity index is 242. The summed E-state index contributed by atoms with van der Waals surface area (Å²) in [6.45, 7) is 0. The third kappa shape index (κ3) is 5.07. The minimum Gasteiger partial charge on any atom is -0.285 e. The van der Waals surface area contributed by atoms with Gasteiger partial charge >= 0.3 is 0 Å². The zero-order chi connectivity index (χ0) is 8.53. The van der Waals surface area contributed by atoms with Crippen molar-refractivity contribution < 1.29 is 4.79 Å². The highest BCUT2D eigenvalue weighted by molar-refractivity contribution is 6.54. The number of rotatable bonds is 0. The van der Waals surface area contributed by atoms with Crippen molar-refractivity contribution in [3.63, 3.8) is 0 Å². The molecule has 0 atom stereocenters. The molecule has 0 saturated heterocycles. The summed E-state index contributed by atoms with van der Waals surface area (Å²) in [6, 6.07) is 5.32. The van der Waals surface area contributed by atoms with Crippen LogP contribution in [-0.2, 0) is 4.79 Å². The van der Waals surface area contributed by atoms with E-state index in [1.54, 1.807) is 24.5 Å². The highest BCUT2D eigenvalue weighted by Gasteiger charge is 1.80. The van der Waals surface area contributed by atoms with Crippen molar-refractivity contribution in [3.8, 4) is 6.07 Å². The van der Waals surface area contributed by atoms with E-state index >= 15 is 0 Å². The van der Waals surface area contributed by atoms with E-state index in [2.05, 4.69) is 16.6 Å². The number of hydrogen-bond acceptors (Lipinski definition) is 3. The van der Waals surface area contributed by atoms with Gasteiger partial charge in [-0.05, 0) is 23.7 Å². The fraction of sp³-hybridized carbons (Fsp3) is 0. The average molecular weight is 169 g/mol. The molecule has 0 amide bonds. The van der Waals surface area contributed by atoms with Crippen LogP contribution in [0.15, 0.2) is 24.5 Å². The van der Waals surface area contributed by atoms with Gasteiger partial charge in [-0.3, -0.25) is 9.78 Å². The first-order chi connectivity index (χ1) is 5.35. The molecule has 1 heterocycles. The molecular weight excluding hydrogens is 164 g/mol. The van der Waals surface area contributed by atoms with Crippen LogP contribution in [0.4, 0.5) is 0 Å². The number of hydrogen-bond donors (Lipinski definition) is 0. The van der Waals surface area contributed by atoms with Crippen molar-refractivity contribution in [2.24, 2.45) is 0 Å². The number of nitrogens with zero attached hydrogens (tertiary/aromatic N) is 2. The molecule has 0 saturated carbocycles. The number of carbonyl (C=O) groups excluding carboxylic acids is 1. The standard InChI is InChI=1S/C6H4N2.CHClO/c7-5-6-1-3-8-4-2-6;2-1-3/h1-4H;1H. The summed E-state index contributed by atoms with van der Waals surface area (Å²) in [5.41, 5.74) is 0.653. The molecule has 0 N–H and O–H groups in total. The van der Waals surface area contributed by atoms with Gasteiger partial charge in [0.1, 0.15) is 0 Å². The van der Waals surface area contributed by atoms with Crippen LogP contribution in [0.2, 0.25) is 0 Å². The van der Waals surface area contributed by atoms with Crippen molar-refractivity contribution in [2.45, 2.75) is 0 Å². The summed E-state index contributed by atoms with van der Waals surface area (Å²) in [7, 11) is 0. The van der Waals surface area contributed by atoms with Gasteiger partial charge in [-0.15, -0.1) is 0 Å². The van der Waals surface area contributed by atoms with Crippen LogP contribution in [0.3, 0.4) is 0 Å². The topological polar surface area (TPSA) is 53.8 Å². The van der Waals surface area contributed by atoms with Gasteiger partial charge in [0.05, 0.1) is 11.6 Å². The molecule has 0 unspecified atom stereocenters. The summed E-state index contributed by atoms with van der Waals surface area (Å²) in [4.78, 5) is 12.3. The molecule has 3 nitrogen and oxygen atoms in total. The molecule has 56 valence electrons. The van der Waals surface area contributed by atoms with E-state index < -0.39 is 0 Å². The van der Waals surface area contributed by atoms with E-state index in [0.29, 0.717) is 5.56 Å². The Balaban J connectivity index is 0.000000292. The number of nitriles is 1. The first-order valence-electron chi connectivity index (χ1n) is 2.69. The fourth-order valence-corrected chi connectivity index (χ4v) is 0.426. The van der Waals surface area contributed by atoms with Gasteiger partial charge in [-0.2, -0.15) is 5.26 Å². The number of aromatic nitrogens is 1. The summed E-state index contributed by atoms with van der Waals surface area (Å²) in [5.74, 6) is 0.222. The van der Waals surface area contributed by atoms with E-state index in [0.717, 1.165) is 0 Å². The monoisotopic (exact) mass is 168 g/mol. The van der Waals surface area contributed by atoms with Crippen LogP contribution in [0.5, 0.6) is 0 Å². The maximum Gasteiger partial charge on any atom is 0.208 e. The minimum atomic E-state index is 0.222. The summed E-state index contributed by atoms with van der Waals surface area (Å²) >= 11 is 4.32. The lowest BCUT2D eigenvalue weighted by molar-refractivity contribution is 0.569. The Morgan fingerprint density at radius 3 is 2.27 bits per heavy atom. The molecule has 0 aliphatic carbocycles. The highest BCUT2D eigenvalue weighted by Crippen LogP contribution is 1.89. The van der Waals surface area contributed by atoms with Gasteiger partial charge in [-0.1, -0.05) is 0 Å². The van der Waals surface area contributed by atoms with Gasteiger partial charge in [0.15, 0.2) is 0 Å². The maximum absolute atomic E-state index is 8.57. The molecule has 1 rings (SSSR count). The molecule has 0 spiro atoms. The predicted molar refractivity (Wildman–Crippen MR) is 41.6 cm³/mol. The second kappa shape index (κ2) is 6.72. The van der Waals surface area contributed by atoms with Gasteiger partial charge in [-0.25, -0.2) is 0 Å². The second-order valence-corrected chi connectivity index (χ2v) is 1.61. The lowest BCUT2D eigenvalue weighted by Crippen LogP contribution is -1.71. The van der Waals surface area contributed by atoms with E-state index in [4.69, 9.17) is 10.1 Å². The fourth-order valence-electron chi connectivity index (χ4n) is 0.426. The number of carbonyl (C=O) groups is 1. The van der Waals surface area contributed by atoms with Crippen molar-refractivity contribution in [1.82, 2.24) is 4.98 Å². The van der Waals surface area contributed by atoms with Crippen LogP contribution in [-0.4, -0.2) is 10.7 Å². The zero-order valence-corrected chi connectivity index (χ0v) is 6.32. The van der Waals surface area contributed by atoms with Crippen LogP contribution < -0.4 is 0 Å². The van der Waals surface area contributed by atoms with Crippen LogP contribution in [0.1, 0.15) is 5.56 Å². The molecule has 0 aromatic carbocycles. The third-order valence-corrected chi connectivity index (χ3v) is 0.809. The summed E-state index contributed by atoms with van der Waals surface area (Å²) in [6.07, 6.45) is 3.19. The van der Waals surface area contributed by atoms with E-state index in [9.17, 15) is 0 Å². The van der Waals surface area contributed by atoms with Crippen LogP contribution in [0.25, 0.3) is 0 Å².